The molecule has 3 nitrogen and oxygen atoms in total. The van der Waals surface area contributed by atoms with Crippen LogP contribution in [0.2, 0.25) is 0 Å². The summed E-state index contributed by atoms with van der Waals surface area (Å²) in [7, 11) is 0. The highest BCUT2D eigenvalue weighted by molar-refractivity contribution is 5.95. The van der Waals surface area contributed by atoms with Gasteiger partial charge in [0.2, 0.25) is 5.91 Å². The highest BCUT2D eigenvalue weighted by Gasteiger charge is 2.30. The average Bonchev–Trinajstić information content (AvgIpc) is 2.29. The van der Waals surface area contributed by atoms with Crippen LogP contribution in [0.5, 0.6) is 0 Å². The van der Waals surface area contributed by atoms with Gasteiger partial charge in [-0.25, -0.2) is 0 Å². The molecule has 1 saturated heterocycles. The second-order valence-corrected chi connectivity index (χ2v) is 5.47. The molecule has 0 N–H and O–H groups in total. The summed E-state index contributed by atoms with van der Waals surface area (Å²) in [4.78, 5) is 16.2. The third-order valence-electron chi connectivity index (χ3n) is 3.24. The van der Waals surface area contributed by atoms with Crippen molar-refractivity contribution in [2.45, 2.75) is 26.3 Å². The zero-order valence-corrected chi connectivity index (χ0v) is 10.8. The van der Waals surface area contributed by atoms with E-state index < -0.39 is 0 Å². The maximum absolute atomic E-state index is 12.1. The van der Waals surface area contributed by atoms with E-state index >= 15 is 0 Å². The Hall–Kier alpha value is -1.35. The van der Waals surface area contributed by atoms with E-state index in [1.807, 2.05) is 35.2 Å². The van der Waals surface area contributed by atoms with Crippen LogP contribution in [0.25, 0.3) is 0 Å². The van der Waals surface area contributed by atoms with Crippen LogP contribution in [-0.4, -0.2) is 36.0 Å². The van der Waals surface area contributed by atoms with Gasteiger partial charge in [0.25, 0.3) is 0 Å². The second kappa shape index (κ2) is 4.49. The minimum atomic E-state index is 0.0679. The number of para-hydroxylation sites is 1. The van der Waals surface area contributed by atoms with E-state index in [9.17, 15) is 4.79 Å². The number of anilines is 1. The van der Waals surface area contributed by atoms with Gasteiger partial charge in [-0.3, -0.25) is 9.69 Å². The van der Waals surface area contributed by atoms with E-state index in [4.69, 9.17) is 0 Å². The van der Waals surface area contributed by atoms with E-state index in [2.05, 4.69) is 25.7 Å². The van der Waals surface area contributed by atoms with Crippen LogP contribution in [0, 0.1) is 0 Å². The maximum atomic E-state index is 12.1. The molecule has 2 rings (SSSR count). The molecule has 0 atom stereocenters. The van der Waals surface area contributed by atoms with Gasteiger partial charge in [-0.1, -0.05) is 18.2 Å². The standard InChI is InChI=1S/C14H20N2O/c1-14(2,3)15-9-10-16(13(17)11-15)12-7-5-4-6-8-12/h4-8H,9-11H2,1-3H3. The summed E-state index contributed by atoms with van der Waals surface area (Å²) < 4.78 is 0. The van der Waals surface area contributed by atoms with Crippen LogP contribution in [0.15, 0.2) is 30.3 Å². The predicted molar refractivity (Wildman–Crippen MR) is 70.1 cm³/mol. The third kappa shape index (κ3) is 2.67. The summed E-state index contributed by atoms with van der Waals surface area (Å²) in [5.41, 5.74) is 1.07. The molecule has 0 aromatic heterocycles. The Morgan fingerprint density at radius 1 is 1.06 bits per heavy atom. The average molecular weight is 232 g/mol. The number of nitrogens with zero attached hydrogens (tertiary/aromatic N) is 2. The fraction of sp³-hybridized carbons (Fsp3) is 0.500. The van der Waals surface area contributed by atoms with E-state index in [-0.39, 0.29) is 11.4 Å². The van der Waals surface area contributed by atoms with E-state index in [0.29, 0.717) is 6.54 Å². The number of carbonyl (C=O) groups is 1. The molecule has 1 aromatic carbocycles. The van der Waals surface area contributed by atoms with Gasteiger partial charge in [0.1, 0.15) is 0 Å². The summed E-state index contributed by atoms with van der Waals surface area (Å²) in [6.45, 7) is 8.68. The molecule has 1 aliphatic heterocycles. The third-order valence-corrected chi connectivity index (χ3v) is 3.24. The number of hydrogen-bond acceptors (Lipinski definition) is 2. The van der Waals surface area contributed by atoms with Crippen molar-refractivity contribution in [1.82, 2.24) is 4.90 Å². The summed E-state index contributed by atoms with van der Waals surface area (Å²) >= 11 is 0. The van der Waals surface area contributed by atoms with Crippen molar-refractivity contribution in [2.24, 2.45) is 0 Å². The predicted octanol–water partition coefficient (Wildman–Crippen LogP) is 2.13. The van der Waals surface area contributed by atoms with Crippen molar-refractivity contribution in [3.8, 4) is 0 Å². The maximum Gasteiger partial charge on any atom is 0.241 e. The smallest absolute Gasteiger partial charge is 0.241 e. The molecule has 3 heteroatoms. The van der Waals surface area contributed by atoms with Gasteiger partial charge in [-0.05, 0) is 32.9 Å². The van der Waals surface area contributed by atoms with Gasteiger partial charge in [0.05, 0.1) is 6.54 Å². The van der Waals surface area contributed by atoms with Crippen molar-refractivity contribution < 1.29 is 4.79 Å². The zero-order chi connectivity index (χ0) is 12.5. The van der Waals surface area contributed by atoms with Crippen molar-refractivity contribution in [2.75, 3.05) is 24.5 Å². The molecule has 1 aliphatic rings. The molecule has 1 amide bonds. The van der Waals surface area contributed by atoms with Crippen LogP contribution >= 0.6 is 0 Å². The van der Waals surface area contributed by atoms with Crippen molar-refractivity contribution in [3.63, 3.8) is 0 Å². The lowest BCUT2D eigenvalue weighted by molar-refractivity contribution is -0.122. The molecular weight excluding hydrogens is 212 g/mol. The van der Waals surface area contributed by atoms with Gasteiger partial charge in [0.15, 0.2) is 0 Å². The topological polar surface area (TPSA) is 23.6 Å². The summed E-state index contributed by atoms with van der Waals surface area (Å²) in [6, 6.07) is 9.90. The molecule has 0 radical (unpaired) electrons. The Balaban J connectivity index is 2.10. The normalized spacial score (nSPS) is 18.5. The Morgan fingerprint density at radius 3 is 2.24 bits per heavy atom. The summed E-state index contributed by atoms with van der Waals surface area (Å²) in [6.07, 6.45) is 0. The van der Waals surface area contributed by atoms with Gasteiger partial charge in [0, 0.05) is 24.3 Å². The number of piperazine rings is 1. The molecular formula is C14H20N2O. The molecule has 17 heavy (non-hydrogen) atoms. The number of carbonyl (C=O) groups excluding carboxylic acids is 1. The fourth-order valence-electron chi connectivity index (χ4n) is 2.13. The Labute approximate surface area is 103 Å². The SMILES string of the molecule is CC(C)(C)N1CCN(c2ccccc2)C(=O)C1. The van der Waals surface area contributed by atoms with Crippen LogP contribution < -0.4 is 4.90 Å². The number of hydrogen-bond donors (Lipinski definition) is 0. The molecule has 0 spiro atoms. The van der Waals surface area contributed by atoms with E-state index in [1.54, 1.807) is 0 Å². The molecule has 0 bridgehead atoms. The first-order chi connectivity index (χ1) is 7.98. The number of benzene rings is 1. The minimum Gasteiger partial charge on any atom is -0.310 e. The van der Waals surface area contributed by atoms with Gasteiger partial charge in [-0.2, -0.15) is 0 Å². The lowest BCUT2D eigenvalue weighted by Gasteiger charge is -2.41. The quantitative estimate of drug-likeness (QED) is 0.740. The first kappa shape index (κ1) is 12.1. The number of rotatable bonds is 1. The van der Waals surface area contributed by atoms with Crippen LogP contribution in [0.4, 0.5) is 5.69 Å². The first-order valence-electron chi connectivity index (χ1n) is 6.09. The minimum absolute atomic E-state index is 0.0679. The van der Waals surface area contributed by atoms with Crippen LogP contribution in [0.3, 0.4) is 0 Å². The molecule has 1 aromatic rings. The molecule has 92 valence electrons. The van der Waals surface area contributed by atoms with Crippen molar-refractivity contribution in [3.05, 3.63) is 30.3 Å². The highest BCUT2D eigenvalue weighted by Crippen LogP contribution is 2.21. The zero-order valence-electron chi connectivity index (χ0n) is 10.8. The van der Waals surface area contributed by atoms with E-state index in [0.717, 1.165) is 18.8 Å². The van der Waals surface area contributed by atoms with E-state index in [1.165, 1.54) is 0 Å². The first-order valence-corrected chi connectivity index (χ1v) is 6.09. The lowest BCUT2D eigenvalue weighted by Crippen LogP contribution is -2.56. The molecule has 0 saturated carbocycles. The monoisotopic (exact) mass is 232 g/mol. The largest absolute Gasteiger partial charge is 0.310 e. The summed E-state index contributed by atoms with van der Waals surface area (Å²) in [5, 5.41) is 0. The van der Waals surface area contributed by atoms with Crippen molar-refractivity contribution >= 4 is 11.6 Å². The summed E-state index contributed by atoms with van der Waals surface area (Å²) in [5.74, 6) is 0.192. The highest BCUT2D eigenvalue weighted by atomic mass is 16.2. The van der Waals surface area contributed by atoms with Gasteiger partial charge < -0.3 is 4.90 Å². The molecule has 1 heterocycles. The number of amides is 1. The molecule has 1 fully saturated rings. The van der Waals surface area contributed by atoms with Gasteiger partial charge in [-0.15, -0.1) is 0 Å². The Morgan fingerprint density at radius 2 is 1.71 bits per heavy atom. The van der Waals surface area contributed by atoms with Crippen LogP contribution in [-0.2, 0) is 4.79 Å². The van der Waals surface area contributed by atoms with Crippen molar-refractivity contribution in [1.29, 1.82) is 0 Å². The Kier molecular flexibility index (Phi) is 3.20. The lowest BCUT2D eigenvalue weighted by atomic mass is 10.0. The second-order valence-electron chi connectivity index (χ2n) is 5.47. The molecule has 0 unspecified atom stereocenters. The Bertz CT molecular complexity index is 394. The fourth-order valence-corrected chi connectivity index (χ4v) is 2.13. The van der Waals surface area contributed by atoms with Crippen LogP contribution in [0.1, 0.15) is 20.8 Å². The molecule has 0 aliphatic carbocycles. The van der Waals surface area contributed by atoms with Gasteiger partial charge >= 0.3 is 0 Å².